The largest absolute Gasteiger partial charge is 0.344 e. The van der Waals surface area contributed by atoms with Crippen molar-refractivity contribution in [2.24, 2.45) is 5.92 Å². The number of nitrogens with one attached hydrogen (secondary N) is 1. The summed E-state index contributed by atoms with van der Waals surface area (Å²) in [6.45, 7) is 3.19. The molecule has 82 valence electrons. The molecule has 2 heterocycles. The van der Waals surface area contributed by atoms with Crippen molar-refractivity contribution in [2.45, 2.75) is 6.42 Å². The van der Waals surface area contributed by atoms with Crippen LogP contribution < -0.4 is 10.2 Å². The third-order valence-corrected chi connectivity index (χ3v) is 2.86. The SMILES string of the molecule is CN(C[C@@H]1CCNC1)c1nccc(Cl)n1. The van der Waals surface area contributed by atoms with Gasteiger partial charge in [0.2, 0.25) is 5.95 Å². The third-order valence-electron chi connectivity index (χ3n) is 2.64. The van der Waals surface area contributed by atoms with Gasteiger partial charge in [0.25, 0.3) is 0 Å². The zero-order valence-corrected chi connectivity index (χ0v) is 9.54. The lowest BCUT2D eigenvalue weighted by Crippen LogP contribution is -2.28. The Bertz CT molecular complexity index is 325. The normalized spacial score (nSPS) is 20.5. The molecule has 0 bridgehead atoms. The molecule has 1 aliphatic heterocycles. The van der Waals surface area contributed by atoms with Crippen LogP contribution in [0, 0.1) is 5.92 Å². The lowest BCUT2D eigenvalue weighted by Gasteiger charge is -2.20. The van der Waals surface area contributed by atoms with Crippen LogP contribution in [0.5, 0.6) is 0 Å². The van der Waals surface area contributed by atoms with Crippen LogP contribution >= 0.6 is 11.6 Å². The Morgan fingerprint density at radius 3 is 3.20 bits per heavy atom. The second-order valence-electron chi connectivity index (χ2n) is 3.92. The average Bonchev–Trinajstić information content (AvgIpc) is 2.70. The average molecular weight is 227 g/mol. The van der Waals surface area contributed by atoms with Gasteiger partial charge in [0.1, 0.15) is 5.15 Å². The molecule has 0 saturated carbocycles. The highest BCUT2D eigenvalue weighted by atomic mass is 35.5. The minimum absolute atomic E-state index is 0.497. The lowest BCUT2D eigenvalue weighted by atomic mass is 10.1. The van der Waals surface area contributed by atoms with Gasteiger partial charge in [0.05, 0.1) is 0 Å². The Kier molecular flexibility index (Phi) is 3.38. The molecule has 1 saturated heterocycles. The highest BCUT2D eigenvalue weighted by molar-refractivity contribution is 6.29. The number of anilines is 1. The molecule has 5 heteroatoms. The summed E-state index contributed by atoms with van der Waals surface area (Å²) in [6, 6.07) is 1.69. The maximum Gasteiger partial charge on any atom is 0.226 e. The van der Waals surface area contributed by atoms with Crippen LogP contribution in [-0.2, 0) is 0 Å². The molecule has 4 nitrogen and oxygen atoms in total. The summed E-state index contributed by atoms with van der Waals surface area (Å²) in [7, 11) is 2.00. The van der Waals surface area contributed by atoms with Gasteiger partial charge in [0.15, 0.2) is 0 Å². The smallest absolute Gasteiger partial charge is 0.226 e. The van der Waals surface area contributed by atoms with Crippen molar-refractivity contribution in [2.75, 3.05) is 31.6 Å². The van der Waals surface area contributed by atoms with Gasteiger partial charge in [-0.1, -0.05) is 11.6 Å². The number of hydrogen-bond donors (Lipinski definition) is 1. The van der Waals surface area contributed by atoms with Gasteiger partial charge in [-0.25, -0.2) is 9.97 Å². The van der Waals surface area contributed by atoms with Crippen molar-refractivity contribution < 1.29 is 0 Å². The Balaban J connectivity index is 1.97. The monoisotopic (exact) mass is 226 g/mol. The van der Waals surface area contributed by atoms with E-state index in [2.05, 4.69) is 20.2 Å². The zero-order chi connectivity index (χ0) is 10.7. The molecule has 0 unspecified atom stereocenters. The second kappa shape index (κ2) is 4.77. The number of halogens is 1. The van der Waals surface area contributed by atoms with Crippen molar-refractivity contribution in [1.82, 2.24) is 15.3 Å². The molecule has 0 amide bonds. The van der Waals surface area contributed by atoms with Crippen molar-refractivity contribution >= 4 is 17.5 Å². The molecule has 0 spiro atoms. The maximum atomic E-state index is 5.82. The molecule has 1 atom stereocenters. The van der Waals surface area contributed by atoms with Crippen LogP contribution in [0.4, 0.5) is 5.95 Å². The fourth-order valence-electron chi connectivity index (χ4n) is 1.85. The first-order chi connectivity index (χ1) is 7.25. The molecule has 1 aliphatic rings. The first kappa shape index (κ1) is 10.6. The fourth-order valence-corrected chi connectivity index (χ4v) is 1.98. The van der Waals surface area contributed by atoms with E-state index < -0.39 is 0 Å². The number of rotatable bonds is 3. The Morgan fingerprint density at radius 2 is 2.53 bits per heavy atom. The van der Waals surface area contributed by atoms with Crippen LogP contribution in [0.2, 0.25) is 5.15 Å². The fraction of sp³-hybridized carbons (Fsp3) is 0.600. The molecule has 0 aromatic carbocycles. The molecular weight excluding hydrogens is 212 g/mol. The predicted molar refractivity (Wildman–Crippen MR) is 61.3 cm³/mol. The van der Waals surface area contributed by atoms with E-state index in [1.807, 2.05) is 7.05 Å². The van der Waals surface area contributed by atoms with E-state index in [0.29, 0.717) is 17.0 Å². The maximum absolute atomic E-state index is 5.82. The summed E-state index contributed by atoms with van der Waals surface area (Å²) in [5, 5.41) is 3.84. The molecule has 15 heavy (non-hydrogen) atoms. The second-order valence-corrected chi connectivity index (χ2v) is 4.31. The van der Waals surface area contributed by atoms with E-state index >= 15 is 0 Å². The quantitative estimate of drug-likeness (QED) is 0.786. The summed E-state index contributed by atoms with van der Waals surface area (Å²) in [4.78, 5) is 10.4. The first-order valence-electron chi connectivity index (χ1n) is 5.16. The van der Waals surface area contributed by atoms with Gasteiger partial charge < -0.3 is 10.2 Å². The van der Waals surface area contributed by atoms with Crippen LogP contribution in [0.3, 0.4) is 0 Å². The van der Waals surface area contributed by atoms with E-state index in [1.165, 1.54) is 6.42 Å². The molecule has 1 N–H and O–H groups in total. The van der Waals surface area contributed by atoms with E-state index in [1.54, 1.807) is 12.3 Å². The Hall–Kier alpha value is -0.870. The highest BCUT2D eigenvalue weighted by Gasteiger charge is 2.17. The highest BCUT2D eigenvalue weighted by Crippen LogP contribution is 2.14. The number of nitrogens with zero attached hydrogens (tertiary/aromatic N) is 3. The van der Waals surface area contributed by atoms with Crippen molar-refractivity contribution in [3.8, 4) is 0 Å². The standard InChI is InChI=1S/C10H15ClN4/c1-15(7-8-2-4-12-6-8)10-13-5-3-9(11)14-10/h3,5,8,12H,2,4,6-7H2,1H3/t8-/m1/s1. The molecular formula is C10H15ClN4. The van der Waals surface area contributed by atoms with Gasteiger partial charge in [-0.05, 0) is 31.5 Å². The van der Waals surface area contributed by atoms with Crippen molar-refractivity contribution in [1.29, 1.82) is 0 Å². The molecule has 1 aromatic rings. The predicted octanol–water partition coefficient (Wildman–Crippen LogP) is 1.18. The zero-order valence-electron chi connectivity index (χ0n) is 8.78. The minimum Gasteiger partial charge on any atom is -0.344 e. The lowest BCUT2D eigenvalue weighted by molar-refractivity contribution is 0.573. The van der Waals surface area contributed by atoms with Gasteiger partial charge in [-0.3, -0.25) is 0 Å². The molecule has 2 rings (SSSR count). The van der Waals surface area contributed by atoms with Crippen LogP contribution in [0.25, 0.3) is 0 Å². The third kappa shape index (κ3) is 2.79. The number of aromatic nitrogens is 2. The van der Waals surface area contributed by atoms with Crippen molar-refractivity contribution in [3.05, 3.63) is 17.4 Å². The summed E-state index contributed by atoms with van der Waals surface area (Å²) in [6.07, 6.45) is 2.92. The summed E-state index contributed by atoms with van der Waals surface area (Å²) >= 11 is 5.82. The van der Waals surface area contributed by atoms with Crippen molar-refractivity contribution in [3.63, 3.8) is 0 Å². The van der Waals surface area contributed by atoms with Gasteiger partial charge in [-0.2, -0.15) is 0 Å². The van der Waals surface area contributed by atoms with Gasteiger partial charge in [0, 0.05) is 19.8 Å². The van der Waals surface area contributed by atoms with E-state index in [0.717, 1.165) is 19.6 Å². The number of hydrogen-bond acceptors (Lipinski definition) is 4. The minimum atomic E-state index is 0.497. The first-order valence-corrected chi connectivity index (χ1v) is 5.54. The van der Waals surface area contributed by atoms with Crippen LogP contribution in [0.15, 0.2) is 12.3 Å². The summed E-state index contributed by atoms with van der Waals surface area (Å²) in [5.41, 5.74) is 0. The van der Waals surface area contributed by atoms with Gasteiger partial charge >= 0.3 is 0 Å². The van der Waals surface area contributed by atoms with E-state index in [4.69, 9.17) is 11.6 Å². The van der Waals surface area contributed by atoms with E-state index in [9.17, 15) is 0 Å². The van der Waals surface area contributed by atoms with Crippen LogP contribution in [0.1, 0.15) is 6.42 Å². The topological polar surface area (TPSA) is 41.0 Å². The Labute approximate surface area is 94.7 Å². The van der Waals surface area contributed by atoms with Gasteiger partial charge in [-0.15, -0.1) is 0 Å². The van der Waals surface area contributed by atoms with Crippen LogP contribution in [-0.4, -0.2) is 36.6 Å². The molecule has 0 aliphatic carbocycles. The summed E-state index contributed by atoms with van der Waals surface area (Å²) < 4.78 is 0. The van der Waals surface area contributed by atoms with E-state index in [-0.39, 0.29) is 0 Å². The molecule has 1 aromatic heterocycles. The molecule has 1 fully saturated rings. The Morgan fingerprint density at radius 1 is 1.67 bits per heavy atom. The summed E-state index contributed by atoms with van der Waals surface area (Å²) in [5.74, 6) is 1.40. The molecule has 0 radical (unpaired) electrons.